The molecular formula is C23H28N2O3S. The fourth-order valence-electron chi connectivity index (χ4n) is 3.63. The third-order valence-corrected chi connectivity index (χ3v) is 6.41. The zero-order chi connectivity index (χ0) is 20.6. The number of thioether (sulfide) groups is 1. The average Bonchev–Trinajstić information content (AvgIpc) is 2.78. The van der Waals surface area contributed by atoms with Crippen LogP contribution in [0.25, 0.3) is 0 Å². The summed E-state index contributed by atoms with van der Waals surface area (Å²) in [5.74, 6) is 0.828. The van der Waals surface area contributed by atoms with Gasteiger partial charge in [0.05, 0.1) is 24.1 Å². The summed E-state index contributed by atoms with van der Waals surface area (Å²) in [6.45, 7) is 0. The first-order valence-corrected chi connectivity index (χ1v) is 11.0. The number of para-hydroxylation sites is 2. The first-order chi connectivity index (χ1) is 14.1. The smallest absolute Gasteiger partial charge is 0.256 e. The summed E-state index contributed by atoms with van der Waals surface area (Å²) < 4.78 is 5.31. The molecule has 1 saturated carbocycles. The summed E-state index contributed by atoms with van der Waals surface area (Å²) in [7, 11) is 3.47. The third kappa shape index (κ3) is 5.54. The van der Waals surface area contributed by atoms with Crippen LogP contribution in [-0.4, -0.2) is 42.7 Å². The van der Waals surface area contributed by atoms with Crippen molar-refractivity contribution in [2.24, 2.45) is 0 Å². The number of anilines is 1. The van der Waals surface area contributed by atoms with Gasteiger partial charge in [-0.25, -0.2) is 0 Å². The summed E-state index contributed by atoms with van der Waals surface area (Å²) >= 11 is 1.41. The molecule has 6 heteroatoms. The molecule has 154 valence electrons. The quantitative estimate of drug-likeness (QED) is 0.662. The minimum Gasteiger partial charge on any atom is -0.495 e. The lowest BCUT2D eigenvalue weighted by Crippen LogP contribution is -2.39. The molecule has 0 spiro atoms. The topological polar surface area (TPSA) is 58.6 Å². The van der Waals surface area contributed by atoms with Gasteiger partial charge in [-0.1, -0.05) is 43.5 Å². The molecule has 0 bridgehead atoms. The number of nitrogens with zero attached hydrogens (tertiary/aromatic N) is 1. The van der Waals surface area contributed by atoms with E-state index < -0.39 is 0 Å². The molecule has 2 aromatic carbocycles. The van der Waals surface area contributed by atoms with E-state index >= 15 is 0 Å². The highest BCUT2D eigenvalue weighted by Gasteiger charge is 2.22. The molecule has 0 radical (unpaired) electrons. The van der Waals surface area contributed by atoms with Gasteiger partial charge in [0.2, 0.25) is 5.91 Å². The molecule has 5 nitrogen and oxygen atoms in total. The number of rotatable bonds is 7. The number of hydrogen-bond donors (Lipinski definition) is 1. The van der Waals surface area contributed by atoms with Crippen LogP contribution in [-0.2, 0) is 4.79 Å². The summed E-state index contributed by atoms with van der Waals surface area (Å²) in [6.07, 6.45) is 5.83. The molecule has 0 aromatic heterocycles. The maximum atomic E-state index is 12.9. The number of benzene rings is 2. The predicted molar refractivity (Wildman–Crippen MR) is 118 cm³/mol. The lowest BCUT2D eigenvalue weighted by Gasteiger charge is -2.31. The molecule has 29 heavy (non-hydrogen) atoms. The molecule has 0 aliphatic heterocycles. The minimum absolute atomic E-state index is 0.113. The monoisotopic (exact) mass is 412 g/mol. The van der Waals surface area contributed by atoms with Crippen LogP contribution in [0.2, 0.25) is 0 Å². The van der Waals surface area contributed by atoms with Crippen molar-refractivity contribution < 1.29 is 14.3 Å². The predicted octanol–water partition coefficient (Wildman–Crippen LogP) is 4.83. The molecule has 1 fully saturated rings. The highest BCUT2D eigenvalue weighted by atomic mass is 32.2. The maximum Gasteiger partial charge on any atom is 0.256 e. The molecule has 0 heterocycles. The lowest BCUT2D eigenvalue weighted by atomic mass is 9.94. The Balaban J connectivity index is 1.65. The van der Waals surface area contributed by atoms with Crippen molar-refractivity contribution in [3.8, 4) is 5.75 Å². The van der Waals surface area contributed by atoms with Gasteiger partial charge in [-0.15, -0.1) is 11.8 Å². The Morgan fingerprint density at radius 1 is 1.07 bits per heavy atom. The molecule has 1 aliphatic carbocycles. The van der Waals surface area contributed by atoms with Crippen LogP contribution < -0.4 is 10.1 Å². The van der Waals surface area contributed by atoms with Crippen molar-refractivity contribution in [3.05, 3.63) is 54.1 Å². The van der Waals surface area contributed by atoms with Gasteiger partial charge in [-0.3, -0.25) is 9.59 Å². The molecule has 2 aromatic rings. The summed E-state index contributed by atoms with van der Waals surface area (Å²) in [6, 6.07) is 15.0. The van der Waals surface area contributed by atoms with Crippen LogP contribution in [0.5, 0.6) is 5.75 Å². The summed E-state index contributed by atoms with van der Waals surface area (Å²) in [5.41, 5.74) is 1.17. The zero-order valence-corrected chi connectivity index (χ0v) is 17.8. The van der Waals surface area contributed by atoms with Crippen molar-refractivity contribution >= 4 is 29.3 Å². The van der Waals surface area contributed by atoms with Crippen molar-refractivity contribution in [3.63, 3.8) is 0 Å². The van der Waals surface area contributed by atoms with E-state index in [-0.39, 0.29) is 11.8 Å². The molecule has 3 rings (SSSR count). The standard InChI is InChI=1S/C23H28N2O3S/c1-25(17-10-4-3-5-11-17)22(26)16-29-21-15-9-6-12-18(21)23(27)24-19-13-7-8-14-20(19)28-2/h6-9,12-15,17H,3-5,10-11,16H2,1-2H3,(H,24,27). The Hall–Kier alpha value is -2.47. The maximum absolute atomic E-state index is 12.9. The molecule has 2 amide bonds. The fourth-order valence-corrected chi connectivity index (χ4v) is 4.60. The second kappa shape index (κ2) is 10.3. The van der Waals surface area contributed by atoms with E-state index in [1.807, 2.05) is 42.3 Å². The van der Waals surface area contributed by atoms with E-state index in [0.717, 1.165) is 17.7 Å². The first-order valence-electron chi connectivity index (χ1n) is 10.0. The van der Waals surface area contributed by atoms with Gasteiger partial charge >= 0.3 is 0 Å². The third-order valence-electron chi connectivity index (χ3n) is 5.35. The van der Waals surface area contributed by atoms with Gasteiger partial charge in [0, 0.05) is 18.0 Å². The summed E-state index contributed by atoms with van der Waals surface area (Å²) in [5, 5.41) is 2.91. The van der Waals surface area contributed by atoms with Crippen LogP contribution in [0.15, 0.2) is 53.4 Å². The molecule has 1 N–H and O–H groups in total. The van der Waals surface area contributed by atoms with E-state index in [0.29, 0.717) is 28.8 Å². The van der Waals surface area contributed by atoms with Crippen LogP contribution >= 0.6 is 11.8 Å². The Morgan fingerprint density at radius 3 is 2.52 bits per heavy atom. The van der Waals surface area contributed by atoms with E-state index in [1.54, 1.807) is 25.3 Å². The molecule has 0 unspecified atom stereocenters. The number of ether oxygens (including phenoxy) is 1. The van der Waals surface area contributed by atoms with Gasteiger partial charge in [-0.2, -0.15) is 0 Å². The minimum atomic E-state index is -0.217. The van der Waals surface area contributed by atoms with Crippen molar-refractivity contribution in [1.29, 1.82) is 0 Å². The highest BCUT2D eigenvalue weighted by molar-refractivity contribution is 8.00. The number of carbonyl (C=O) groups excluding carboxylic acids is 2. The van der Waals surface area contributed by atoms with Crippen LogP contribution in [0.3, 0.4) is 0 Å². The number of carbonyl (C=O) groups is 2. The van der Waals surface area contributed by atoms with E-state index in [2.05, 4.69) is 5.32 Å². The number of nitrogens with one attached hydrogen (secondary N) is 1. The van der Waals surface area contributed by atoms with Gasteiger partial charge in [0.25, 0.3) is 5.91 Å². The van der Waals surface area contributed by atoms with Gasteiger partial charge in [-0.05, 0) is 37.1 Å². The second-order valence-corrected chi connectivity index (χ2v) is 8.25. The van der Waals surface area contributed by atoms with Gasteiger partial charge in [0.1, 0.15) is 5.75 Å². The Labute approximate surface area is 176 Å². The first kappa shape index (κ1) is 21.2. The van der Waals surface area contributed by atoms with Crippen molar-refractivity contribution in [2.45, 2.75) is 43.0 Å². The molecule has 0 atom stereocenters. The number of hydrogen-bond acceptors (Lipinski definition) is 4. The Bertz CT molecular complexity index is 850. The van der Waals surface area contributed by atoms with E-state index in [4.69, 9.17) is 4.74 Å². The summed E-state index contributed by atoms with van der Waals surface area (Å²) in [4.78, 5) is 28.2. The largest absolute Gasteiger partial charge is 0.495 e. The Morgan fingerprint density at radius 2 is 1.76 bits per heavy atom. The van der Waals surface area contributed by atoms with E-state index in [9.17, 15) is 9.59 Å². The fraction of sp³-hybridized carbons (Fsp3) is 0.391. The number of methoxy groups -OCH3 is 1. The highest BCUT2D eigenvalue weighted by Crippen LogP contribution is 2.28. The van der Waals surface area contributed by atoms with E-state index in [1.165, 1.54) is 31.0 Å². The SMILES string of the molecule is COc1ccccc1NC(=O)c1ccccc1SCC(=O)N(C)C1CCCCC1. The van der Waals surface area contributed by atoms with Crippen LogP contribution in [0, 0.1) is 0 Å². The average molecular weight is 413 g/mol. The van der Waals surface area contributed by atoms with Crippen molar-refractivity contribution in [1.82, 2.24) is 4.90 Å². The normalized spacial score (nSPS) is 14.3. The molecule has 0 saturated heterocycles. The molecule has 1 aliphatic rings. The lowest BCUT2D eigenvalue weighted by molar-refractivity contribution is -0.129. The number of amides is 2. The second-order valence-electron chi connectivity index (χ2n) is 7.24. The van der Waals surface area contributed by atoms with Gasteiger partial charge in [0.15, 0.2) is 0 Å². The zero-order valence-electron chi connectivity index (χ0n) is 17.0. The Kier molecular flexibility index (Phi) is 7.58. The van der Waals surface area contributed by atoms with Gasteiger partial charge < -0.3 is 15.0 Å². The van der Waals surface area contributed by atoms with Crippen LogP contribution in [0.4, 0.5) is 5.69 Å². The van der Waals surface area contributed by atoms with Crippen LogP contribution in [0.1, 0.15) is 42.5 Å². The van der Waals surface area contributed by atoms with Crippen molar-refractivity contribution in [2.75, 3.05) is 25.2 Å². The molecular weight excluding hydrogens is 384 g/mol.